The van der Waals surface area contributed by atoms with Crippen molar-refractivity contribution in [2.24, 2.45) is 0 Å². The minimum absolute atomic E-state index is 0.122. The van der Waals surface area contributed by atoms with Gasteiger partial charge in [-0.05, 0) is 6.42 Å². The fraction of sp³-hybridized carbons (Fsp3) is 0.727. The van der Waals surface area contributed by atoms with Crippen LogP contribution in [0.3, 0.4) is 0 Å². The average molecular weight is 212 g/mol. The number of amides is 1. The van der Waals surface area contributed by atoms with Crippen molar-refractivity contribution in [3.8, 4) is 0 Å². The van der Waals surface area contributed by atoms with Crippen LogP contribution in [0.4, 0.5) is 0 Å². The first kappa shape index (κ1) is 12.2. The van der Waals surface area contributed by atoms with Crippen molar-refractivity contribution in [1.82, 2.24) is 10.2 Å². The number of hydrogen-bond donors (Lipinski definition) is 1. The van der Waals surface area contributed by atoms with Crippen LogP contribution in [0.2, 0.25) is 0 Å². The standard InChI is InChI=1S/C11H20N2O2/c1-3-6-13(7-4-2)11(14)10-9-15-8-5-12-10/h3,10,12H,1,4-9H2,2H3. The van der Waals surface area contributed by atoms with E-state index in [1.807, 2.05) is 4.90 Å². The first-order chi connectivity index (χ1) is 7.29. The molecule has 0 aliphatic carbocycles. The molecule has 0 radical (unpaired) electrons. The van der Waals surface area contributed by atoms with Gasteiger partial charge < -0.3 is 15.0 Å². The normalized spacial score (nSPS) is 21.0. The maximum Gasteiger partial charge on any atom is 0.242 e. The van der Waals surface area contributed by atoms with Crippen LogP contribution in [0.25, 0.3) is 0 Å². The van der Waals surface area contributed by atoms with Crippen molar-refractivity contribution in [3.05, 3.63) is 12.7 Å². The van der Waals surface area contributed by atoms with E-state index in [2.05, 4.69) is 18.8 Å². The summed E-state index contributed by atoms with van der Waals surface area (Å²) in [6.45, 7) is 9.06. The Morgan fingerprint density at radius 3 is 3.07 bits per heavy atom. The molecule has 0 saturated carbocycles. The molecule has 4 heteroatoms. The fourth-order valence-electron chi connectivity index (χ4n) is 1.66. The molecule has 0 spiro atoms. The third-order valence-corrected chi connectivity index (χ3v) is 2.37. The van der Waals surface area contributed by atoms with Crippen LogP contribution >= 0.6 is 0 Å². The molecule has 0 bridgehead atoms. The summed E-state index contributed by atoms with van der Waals surface area (Å²) in [4.78, 5) is 13.8. The van der Waals surface area contributed by atoms with Gasteiger partial charge in [-0.3, -0.25) is 4.79 Å². The number of nitrogens with zero attached hydrogens (tertiary/aromatic N) is 1. The van der Waals surface area contributed by atoms with Crippen molar-refractivity contribution >= 4 is 5.91 Å². The second kappa shape index (κ2) is 6.58. The van der Waals surface area contributed by atoms with E-state index >= 15 is 0 Å². The molecule has 1 amide bonds. The molecule has 15 heavy (non-hydrogen) atoms. The highest BCUT2D eigenvalue weighted by atomic mass is 16.5. The Hall–Kier alpha value is -0.870. The predicted octanol–water partition coefficient (Wildman–Crippen LogP) is 0.399. The molecule has 1 heterocycles. The van der Waals surface area contributed by atoms with Crippen LogP contribution in [0, 0.1) is 0 Å². The monoisotopic (exact) mass is 212 g/mol. The first-order valence-corrected chi connectivity index (χ1v) is 5.50. The topological polar surface area (TPSA) is 41.6 Å². The second-order valence-corrected chi connectivity index (χ2v) is 3.65. The van der Waals surface area contributed by atoms with Gasteiger partial charge in [0.15, 0.2) is 0 Å². The molecule has 86 valence electrons. The number of carbonyl (C=O) groups excluding carboxylic acids is 1. The molecule has 1 unspecified atom stereocenters. The molecular weight excluding hydrogens is 192 g/mol. The Kier molecular flexibility index (Phi) is 5.36. The van der Waals surface area contributed by atoms with E-state index < -0.39 is 0 Å². The maximum absolute atomic E-state index is 12.0. The molecule has 1 atom stereocenters. The highest BCUT2D eigenvalue weighted by molar-refractivity contribution is 5.82. The first-order valence-electron chi connectivity index (χ1n) is 5.50. The molecule has 0 aromatic heterocycles. The van der Waals surface area contributed by atoms with Gasteiger partial charge in [0, 0.05) is 19.6 Å². The largest absolute Gasteiger partial charge is 0.378 e. The van der Waals surface area contributed by atoms with Gasteiger partial charge in [0.25, 0.3) is 0 Å². The van der Waals surface area contributed by atoms with Crippen LogP contribution in [0.1, 0.15) is 13.3 Å². The van der Waals surface area contributed by atoms with Crippen molar-refractivity contribution in [3.63, 3.8) is 0 Å². The van der Waals surface area contributed by atoms with Crippen LogP contribution in [-0.4, -0.2) is 49.7 Å². The minimum atomic E-state index is -0.176. The van der Waals surface area contributed by atoms with E-state index in [1.54, 1.807) is 6.08 Å². The number of ether oxygens (including phenoxy) is 1. The number of nitrogens with one attached hydrogen (secondary N) is 1. The zero-order valence-electron chi connectivity index (χ0n) is 9.37. The van der Waals surface area contributed by atoms with Crippen molar-refractivity contribution in [1.29, 1.82) is 0 Å². The number of hydrogen-bond acceptors (Lipinski definition) is 3. The molecule has 1 aliphatic rings. The molecule has 0 aromatic carbocycles. The maximum atomic E-state index is 12.0. The summed E-state index contributed by atoms with van der Waals surface area (Å²) >= 11 is 0. The van der Waals surface area contributed by atoms with E-state index in [0.29, 0.717) is 19.8 Å². The third-order valence-electron chi connectivity index (χ3n) is 2.37. The summed E-state index contributed by atoms with van der Waals surface area (Å²) in [5.74, 6) is 0.122. The Balaban J connectivity index is 2.48. The Morgan fingerprint density at radius 2 is 2.53 bits per heavy atom. The summed E-state index contributed by atoms with van der Waals surface area (Å²) in [6, 6.07) is -0.176. The lowest BCUT2D eigenvalue weighted by Gasteiger charge is -2.29. The van der Waals surface area contributed by atoms with Gasteiger partial charge in [-0.15, -0.1) is 6.58 Å². The number of rotatable bonds is 5. The quantitative estimate of drug-likeness (QED) is 0.671. The molecule has 1 N–H and O–H groups in total. The fourth-order valence-corrected chi connectivity index (χ4v) is 1.66. The van der Waals surface area contributed by atoms with Gasteiger partial charge in [0.05, 0.1) is 13.2 Å². The van der Waals surface area contributed by atoms with Crippen LogP contribution in [0.15, 0.2) is 12.7 Å². The lowest BCUT2D eigenvalue weighted by molar-refractivity contribution is -0.135. The van der Waals surface area contributed by atoms with Gasteiger partial charge >= 0.3 is 0 Å². The molecular formula is C11H20N2O2. The highest BCUT2D eigenvalue weighted by Gasteiger charge is 2.24. The van der Waals surface area contributed by atoms with E-state index in [1.165, 1.54) is 0 Å². The summed E-state index contributed by atoms with van der Waals surface area (Å²) in [6.07, 6.45) is 2.73. The smallest absolute Gasteiger partial charge is 0.242 e. The molecule has 4 nitrogen and oxygen atoms in total. The van der Waals surface area contributed by atoms with Gasteiger partial charge in [0.2, 0.25) is 5.91 Å². The van der Waals surface area contributed by atoms with Crippen LogP contribution in [-0.2, 0) is 9.53 Å². The number of morpholine rings is 1. The van der Waals surface area contributed by atoms with Crippen LogP contribution in [0.5, 0.6) is 0 Å². The highest BCUT2D eigenvalue weighted by Crippen LogP contribution is 2.01. The van der Waals surface area contributed by atoms with Crippen molar-refractivity contribution < 1.29 is 9.53 Å². The zero-order chi connectivity index (χ0) is 11.1. The predicted molar refractivity (Wildman–Crippen MR) is 59.7 cm³/mol. The lowest BCUT2D eigenvalue weighted by atomic mass is 10.2. The molecule has 0 aromatic rings. The lowest BCUT2D eigenvalue weighted by Crippen LogP contribution is -2.52. The average Bonchev–Trinajstić information content (AvgIpc) is 2.29. The van der Waals surface area contributed by atoms with Crippen molar-refractivity contribution in [2.75, 3.05) is 32.8 Å². The summed E-state index contributed by atoms with van der Waals surface area (Å²) in [5.41, 5.74) is 0. The Morgan fingerprint density at radius 1 is 1.73 bits per heavy atom. The minimum Gasteiger partial charge on any atom is -0.378 e. The molecule has 1 rings (SSSR count). The molecule has 1 aliphatic heterocycles. The number of carbonyl (C=O) groups is 1. The van der Waals surface area contributed by atoms with E-state index in [-0.39, 0.29) is 11.9 Å². The van der Waals surface area contributed by atoms with Gasteiger partial charge in [-0.1, -0.05) is 13.0 Å². The second-order valence-electron chi connectivity index (χ2n) is 3.65. The van der Waals surface area contributed by atoms with Crippen LogP contribution < -0.4 is 5.32 Å². The third kappa shape index (κ3) is 3.64. The Bertz CT molecular complexity index is 213. The molecule has 1 fully saturated rings. The van der Waals surface area contributed by atoms with E-state index in [9.17, 15) is 4.79 Å². The van der Waals surface area contributed by atoms with Gasteiger partial charge in [-0.25, -0.2) is 0 Å². The van der Waals surface area contributed by atoms with Crippen molar-refractivity contribution in [2.45, 2.75) is 19.4 Å². The van der Waals surface area contributed by atoms with E-state index in [4.69, 9.17) is 4.74 Å². The van der Waals surface area contributed by atoms with E-state index in [0.717, 1.165) is 19.5 Å². The SMILES string of the molecule is C=CCN(CCC)C(=O)C1COCCN1. The summed E-state index contributed by atoms with van der Waals surface area (Å²) in [7, 11) is 0. The van der Waals surface area contributed by atoms with Gasteiger partial charge in [-0.2, -0.15) is 0 Å². The Labute approximate surface area is 91.3 Å². The van der Waals surface area contributed by atoms with Gasteiger partial charge in [0.1, 0.15) is 6.04 Å². The summed E-state index contributed by atoms with van der Waals surface area (Å²) in [5, 5.41) is 3.17. The zero-order valence-corrected chi connectivity index (χ0v) is 9.37. The summed E-state index contributed by atoms with van der Waals surface area (Å²) < 4.78 is 5.27. The molecule has 1 saturated heterocycles.